The molecule has 41 heavy (non-hydrogen) atoms. The minimum atomic E-state index is -0.874. The normalized spacial score (nSPS) is 11.6. The Morgan fingerprint density at radius 2 is 1.17 bits per heavy atom. The van der Waals surface area contributed by atoms with E-state index in [1.54, 1.807) is 24.3 Å². The molecule has 0 aliphatic rings. The predicted molar refractivity (Wildman–Crippen MR) is 154 cm³/mol. The van der Waals surface area contributed by atoms with E-state index in [4.69, 9.17) is 20.0 Å². The van der Waals surface area contributed by atoms with Crippen molar-refractivity contribution in [1.82, 2.24) is 0 Å². The van der Waals surface area contributed by atoms with E-state index in [0.717, 1.165) is 11.4 Å². The lowest BCUT2D eigenvalue weighted by molar-refractivity contribution is -0.152. The molecule has 0 heterocycles. The summed E-state index contributed by atoms with van der Waals surface area (Å²) in [5, 5.41) is 36.4. The maximum absolute atomic E-state index is 12.5. The Balaban J connectivity index is 1.95. The van der Waals surface area contributed by atoms with Gasteiger partial charge in [-0.3, -0.25) is 0 Å². The zero-order valence-corrected chi connectivity index (χ0v) is 23.2. The number of hydrogen-bond donors (Lipinski definition) is 0. The van der Waals surface area contributed by atoms with Gasteiger partial charge in [0.2, 0.25) is 0 Å². The van der Waals surface area contributed by atoms with Gasteiger partial charge in [0.15, 0.2) is 0 Å². The summed E-state index contributed by atoms with van der Waals surface area (Å²) >= 11 is 0. The fourth-order valence-electron chi connectivity index (χ4n) is 3.50. The van der Waals surface area contributed by atoms with Crippen molar-refractivity contribution in [2.45, 2.75) is 25.9 Å². The molecule has 0 saturated carbocycles. The van der Waals surface area contributed by atoms with Crippen molar-refractivity contribution in [2.75, 3.05) is 43.6 Å². The molecule has 0 aliphatic heterocycles. The van der Waals surface area contributed by atoms with Crippen molar-refractivity contribution in [1.29, 1.82) is 21.0 Å². The molecular formula is C31H30N6O4. The molecular weight excluding hydrogens is 520 g/mol. The molecule has 2 aromatic rings. The standard InChI is InChI=1S/C31H30N6O4/c1-23(41-31(39)27(21-35)19-25-8-12-29(13-9-25)37(3)17-5-15-33)22-40-30(38)26(20-34)18-24-6-10-28(11-7-24)36(2)16-4-14-32/h6-13,18-19,23H,4-5,16-17,22H2,1-3H3/b26-18+,27-19+. The lowest BCUT2D eigenvalue weighted by atomic mass is 10.1. The van der Waals surface area contributed by atoms with Gasteiger partial charge in [-0.05, 0) is 54.5 Å². The summed E-state index contributed by atoms with van der Waals surface area (Å²) < 4.78 is 10.4. The summed E-state index contributed by atoms with van der Waals surface area (Å²) in [7, 11) is 3.72. The SMILES string of the molecule is CC(COC(=O)/C(C#N)=C/c1ccc(N(C)CCC#N)cc1)OC(=O)/C(C#N)=C/c1ccc(N(C)CCC#N)cc1. The Morgan fingerprint density at radius 1 is 0.756 bits per heavy atom. The molecule has 0 aliphatic carbocycles. The van der Waals surface area contributed by atoms with Crippen LogP contribution in [0, 0.1) is 45.3 Å². The number of carbonyl (C=O) groups excluding carboxylic acids is 2. The highest BCUT2D eigenvalue weighted by Crippen LogP contribution is 2.18. The first-order valence-electron chi connectivity index (χ1n) is 12.7. The van der Waals surface area contributed by atoms with E-state index in [2.05, 4.69) is 12.1 Å². The highest BCUT2D eigenvalue weighted by atomic mass is 16.6. The smallest absolute Gasteiger partial charge is 0.349 e. The van der Waals surface area contributed by atoms with Gasteiger partial charge in [-0.2, -0.15) is 21.0 Å². The summed E-state index contributed by atoms with van der Waals surface area (Å²) in [5.74, 6) is -1.75. The van der Waals surface area contributed by atoms with Gasteiger partial charge in [0, 0.05) is 38.6 Å². The highest BCUT2D eigenvalue weighted by Gasteiger charge is 2.18. The van der Waals surface area contributed by atoms with E-state index >= 15 is 0 Å². The summed E-state index contributed by atoms with van der Waals surface area (Å²) in [6, 6.07) is 22.0. The van der Waals surface area contributed by atoms with Crippen LogP contribution in [0.3, 0.4) is 0 Å². The zero-order chi connectivity index (χ0) is 30.2. The minimum Gasteiger partial charge on any atom is -0.458 e. The maximum atomic E-state index is 12.5. The molecule has 10 heteroatoms. The van der Waals surface area contributed by atoms with Crippen LogP contribution in [0.4, 0.5) is 11.4 Å². The van der Waals surface area contributed by atoms with Crippen molar-refractivity contribution in [3.05, 3.63) is 70.8 Å². The largest absolute Gasteiger partial charge is 0.458 e. The maximum Gasteiger partial charge on any atom is 0.349 e. The number of esters is 2. The monoisotopic (exact) mass is 550 g/mol. The summed E-state index contributed by atoms with van der Waals surface area (Å²) in [6.07, 6.45) is 2.69. The molecule has 0 radical (unpaired) electrons. The molecule has 2 rings (SSSR count). The van der Waals surface area contributed by atoms with Gasteiger partial charge in [-0.15, -0.1) is 0 Å². The Bertz CT molecular complexity index is 1430. The Labute approximate surface area is 240 Å². The van der Waals surface area contributed by atoms with Gasteiger partial charge in [0.05, 0.1) is 25.0 Å². The minimum absolute atomic E-state index is 0.228. The van der Waals surface area contributed by atoms with Crippen molar-refractivity contribution in [3.63, 3.8) is 0 Å². The first-order valence-corrected chi connectivity index (χ1v) is 12.7. The van der Waals surface area contributed by atoms with Crippen LogP contribution in [0.15, 0.2) is 59.7 Å². The lowest BCUT2D eigenvalue weighted by Gasteiger charge is -2.17. The van der Waals surface area contributed by atoms with Crippen LogP contribution >= 0.6 is 0 Å². The summed E-state index contributed by atoms with van der Waals surface area (Å²) in [6.45, 7) is 2.34. The number of anilines is 2. The quantitative estimate of drug-likeness (QED) is 0.199. The Kier molecular flexibility index (Phi) is 12.7. The van der Waals surface area contributed by atoms with E-state index in [9.17, 15) is 20.1 Å². The molecule has 0 saturated heterocycles. The van der Waals surface area contributed by atoms with Crippen molar-refractivity contribution in [2.24, 2.45) is 0 Å². The molecule has 0 spiro atoms. The van der Waals surface area contributed by atoms with Gasteiger partial charge in [0.25, 0.3) is 0 Å². The average molecular weight is 551 g/mol. The molecule has 10 nitrogen and oxygen atoms in total. The van der Waals surface area contributed by atoms with Crippen molar-refractivity contribution < 1.29 is 19.1 Å². The van der Waals surface area contributed by atoms with E-state index in [1.807, 2.05) is 60.3 Å². The second-order valence-corrected chi connectivity index (χ2v) is 9.00. The first kappa shape index (κ1) is 31.6. The zero-order valence-electron chi connectivity index (χ0n) is 23.2. The van der Waals surface area contributed by atoms with E-state index < -0.39 is 18.0 Å². The number of hydrogen-bond acceptors (Lipinski definition) is 10. The van der Waals surface area contributed by atoms with Gasteiger partial charge in [-0.1, -0.05) is 24.3 Å². The number of ether oxygens (including phenoxy) is 2. The van der Waals surface area contributed by atoms with Crippen LogP contribution < -0.4 is 9.80 Å². The first-order chi connectivity index (χ1) is 19.7. The second-order valence-electron chi connectivity index (χ2n) is 9.00. The van der Waals surface area contributed by atoms with Gasteiger partial charge in [0.1, 0.15) is 36.0 Å². The summed E-state index contributed by atoms with van der Waals surface area (Å²) in [5.41, 5.74) is 2.54. The van der Waals surface area contributed by atoms with Crippen molar-refractivity contribution in [3.8, 4) is 24.3 Å². The lowest BCUT2D eigenvalue weighted by Crippen LogP contribution is -2.23. The van der Waals surface area contributed by atoms with Crippen LogP contribution in [0.25, 0.3) is 12.2 Å². The fourth-order valence-corrected chi connectivity index (χ4v) is 3.50. The molecule has 2 aromatic carbocycles. The summed E-state index contributed by atoms with van der Waals surface area (Å²) in [4.78, 5) is 28.8. The molecule has 0 amide bonds. The van der Waals surface area contributed by atoms with Gasteiger partial charge >= 0.3 is 11.9 Å². The number of nitrogens with zero attached hydrogens (tertiary/aromatic N) is 6. The van der Waals surface area contributed by atoms with E-state index in [0.29, 0.717) is 37.1 Å². The van der Waals surface area contributed by atoms with Crippen LogP contribution in [-0.2, 0) is 19.1 Å². The fraction of sp³-hybridized carbons (Fsp3) is 0.290. The number of rotatable bonds is 13. The number of benzene rings is 2. The Morgan fingerprint density at radius 3 is 1.56 bits per heavy atom. The molecule has 208 valence electrons. The predicted octanol–water partition coefficient (Wildman–Crippen LogP) is 4.38. The van der Waals surface area contributed by atoms with E-state index in [-0.39, 0.29) is 17.8 Å². The van der Waals surface area contributed by atoms with Crippen molar-refractivity contribution >= 4 is 35.5 Å². The second kappa shape index (κ2) is 16.4. The third-order valence-electron chi connectivity index (χ3n) is 5.85. The highest BCUT2D eigenvalue weighted by molar-refractivity contribution is 5.98. The average Bonchev–Trinajstić information content (AvgIpc) is 2.99. The van der Waals surface area contributed by atoms with Crippen LogP contribution in [0.2, 0.25) is 0 Å². The Hall–Kier alpha value is -5.58. The number of carbonyl (C=O) groups is 2. The third-order valence-corrected chi connectivity index (χ3v) is 5.85. The van der Waals surface area contributed by atoms with Crippen LogP contribution in [-0.4, -0.2) is 51.8 Å². The van der Waals surface area contributed by atoms with E-state index in [1.165, 1.54) is 19.1 Å². The molecule has 0 aromatic heterocycles. The molecule has 1 atom stereocenters. The van der Waals surface area contributed by atoms with Crippen LogP contribution in [0.5, 0.6) is 0 Å². The van der Waals surface area contributed by atoms with Gasteiger partial charge in [-0.25, -0.2) is 9.59 Å². The molecule has 0 fully saturated rings. The molecule has 0 bridgehead atoms. The third kappa shape index (κ3) is 10.2. The molecule has 1 unspecified atom stereocenters. The van der Waals surface area contributed by atoms with Gasteiger partial charge < -0.3 is 19.3 Å². The van der Waals surface area contributed by atoms with Crippen LogP contribution in [0.1, 0.15) is 30.9 Å². The molecule has 0 N–H and O–H groups in total. The number of nitriles is 4. The topological polar surface area (TPSA) is 154 Å².